The summed E-state index contributed by atoms with van der Waals surface area (Å²) in [4.78, 5) is 26.0. The Morgan fingerprint density at radius 3 is 3.00 bits per heavy atom. The highest BCUT2D eigenvalue weighted by Crippen LogP contribution is 2.24. The van der Waals surface area contributed by atoms with Gasteiger partial charge in [0.05, 0.1) is 22.3 Å². The molecule has 0 unspecified atom stereocenters. The molecule has 2 aromatic rings. The second-order valence-electron chi connectivity index (χ2n) is 3.34. The molecule has 0 radical (unpaired) electrons. The van der Waals surface area contributed by atoms with Crippen LogP contribution in [0.2, 0.25) is 0 Å². The van der Waals surface area contributed by atoms with Crippen LogP contribution < -0.4 is 5.56 Å². The van der Waals surface area contributed by atoms with Crippen LogP contribution in [0, 0.1) is 6.92 Å². The van der Waals surface area contributed by atoms with Gasteiger partial charge in [-0.15, -0.1) is 11.3 Å². The van der Waals surface area contributed by atoms with E-state index in [9.17, 15) is 9.59 Å². The van der Waals surface area contributed by atoms with Crippen molar-refractivity contribution in [3.8, 4) is 0 Å². The molecule has 84 valence electrons. The number of fused-ring (bicyclic) bond motifs is 1. The summed E-state index contributed by atoms with van der Waals surface area (Å²) in [7, 11) is 0. The summed E-state index contributed by atoms with van der Waals surface area (Å²) in [6.07, 6.45) is 0. The lowest BCUT2D eigenvalue weighted by molar-refractivity contribution is 0.0527. The van der Waals surface area contributed by atoms with Crippen molar-refractivity contribution >= 4 is 27.4 Å². The third kappa shape index (κ3) is 1.63. The maximum Gasteiger partial charge on any atom is 0.341 e. The van der Waals surface area contributed by atoms with Crippen molar-refractivity contribution in [2.45, 2.75) is 13.8 Å². The molecular formula is C11H11NO3S. The van der Waals surface area contributed by atoms with Crippen LogP contribution in [0.15, 0.2) is 16.2 Å². The van der Waals surface area contributed by atoms with Crippen LogP contribution in [0.5, 0.6) is 0 Å². The van der Waals surface area contributed by atoms with Crippen LogP contribution in [-0.2, 0) is 4.74 Å². The van der Waals surface area contributed by atoms with Gasteiger partial charge in [-0.3, -0.25) is 4.79 Å². The normalized spacial score (nSPS) is 10.6. The molecule has 0 aliphatic heterocycles. The Bertz CT molecular complexity index is 597. The lowest BCUT2D eigenvalue weighted by Gasteiger charge is -2.06. The minimum absolute atomic E-state index is 0.165. The van der Waals surface area contributed by atoms with Gasteiger partial charge < -0.3 is 9.72 Å². The number of pyridine rings is 1. The molecule has 0 fully saturated rings. The van der Waals surface area contributed by atoms with E-state index in [1.165, 1.54) is 11.3 Å². The summed E-state index contributed by atoms with van der Waals surface area (Å²) >= 11 is 1.38. The molecule has 2 heterocycles. The Kier molecular flexibility index (Phi) is 2.78. The van der Waals surface area contributed by atoms with E-state index in [4.69, 9.17) is 4.74 Å². The quantitative estimate of drug-likeness (QED) is 0.813. The number of thiophene rings is 1. The summed E-state index contributed by atoms with van der Waals surface area (Å²) < 4.78 is 5.67. The van der Waals surface area contributed by atoms with E-state index in [1.54, 1.807) is 25.3 Å². The Morgan fingerprint density at radius 2 is 2.31 bits per heavy atom. The summed E-state index contributed by atoms with van der Waals surface area (Å²) in [6.45, 7) is 3.78. The van der Waals surface area contributed by atoms with Crippen molar-refractivity contribution in [3.05, 3.63) is 33.1 Å². The minimum atomic E-state index is -0.385. The van der Waals surface area contributed by atoms with E-state index >= 15 is 0 Å². The average molecular weight is 237 g/mol. The second kappa shape index (κ2) is 4.09. The van der Waals surface area contributed by atoms with Gasteiger partial charge in [-0.2, -0.15) is 0 Å². The molecular weight excluding hydrogens is 226 g/mol. The van der Waals surface area contributed by atoms with Crippen molar-refractivity contribution in [1.29, 1.82) is 0 Å². The van der Waals surface area contributed by atoms with Gasteiger partial charge in [0.25, 0.3) is 5.56 Å². The Morgan fingerprint density at radius 1 is 1.56 bits per heavy atom. The van der Waals surface area contributed by atoms with Crippen LogP contribution in [0.4, 0.5) is 0 Å². The van der Waals surface area contributed by atoms with E-state index in [1.807, 2.05) is 0 Å². The molecule has 0 bridgehead atoms. The van der Waals surface area contributed by atoms with E-state index in [0.717, 1.165) is 0 Å². The fourth-order valence-electron chi connectivity index (χ4n) is 1.60. The minimum Gasteiger partial charge on any atom is -0.462 e. The first-order chi connectivity index (χ1) is 7.65. The molecule has 2 rings (SSSR count). The number of aromatic nitrogens is 1. The molecule has 0 saturated heterocycles. The number of H-pyrrole nitrogens is 1. The van der Waals surface area contributed by atoms with Gasteiger partial charge in [-0.25, -0.2) is 4.79 Å². The highest BCUT2D eigenvalue weighted by Gasteiger charge is 2.17. The molecule has 16 heavy (non-hydrogen) atoms. The predicted octanol–water partition coefficient (Wildman–Crippen LogP) is 2.07. The predicted molar refractivity (Wildman–Crippen MR) is 63.1 cm³/mol. The number of carbonyl (C=O) groups excluding carboxylic acids is 1. The summed E-state index contributed by atoms with van der Waals surface area (Å²) in [5.41, 5.74) is 0.853. The van der Waals surface area contributed by atoms with Crippen molar-refractivity contribution in [3.63, 3.8) is 0 Å². The van der Waals surface area contributed by atoms with Crippen LogP contribution in [0.1, 0.15) is 23.0 Å². The molecule has 0 aliphatic carbocycles. The topological polar surface area (TPSA) is 59.2 Å². The number of aromatic amines is 1. The number of rotatable bonds is 2. The molecule has 1 N–H and O–H groups in total. The SMILES string of the molecule is CCOC(=O)c1c(C)[nH]c(=O)c2ccsc12. The van der Waals surface area contributed by atoms with Gasteiger partial charge in [0.15, 0.2) is 0 Å². The fraction of sp³-hybridized carbons (Fsp3) is 0.273. The lowest BCUT2D eigenvalue weighted by Crippen LogP contribution is -2.14. The average Bonchev–Trinajstić information content (AvgIpc) is 2.66. The van der Waals surface area contributed by atoms with Crippen LogP contribution in [-0.4, -0.2) is 17.6 Å². The number of esters is 1. The zero-order valence-electron chi connectivity index (χ0n) is 8.99. The molecule has 0 atom stereocenters. The molecule has 0 spiro atoms. The smallest absolute Gasteiger partial charge is 0.341 e. The zero-order valence-corrected chi connectivity index (χ0v) is 9.81. The molecule has 0 amide bonds. The van der Waals surface area contributed by atoms with Crippen molar-refractivity contribution < 1.29 is 9.53 Å². The van der Waals surface area contributed by atoms with Gasteiger partial charge in [-0.05, 0) is 25.3 Å². The van der Waals surface area contributed by atoms with Crippen LogP contribution >= 0.6 is 11.3 Å². The zero-order chi connectivity index (χ0) is 11.7. The van der Waals surface area contributed by atoms with Crippen molar-refractivity contribution in [2.75, 3.05) is 6.61 Å². The summed E-state index contributed by atoms with van der Waals surface area (Å²) in [5.74, 6) is -0.385. The number of hydrogen-bond donors (Lipinski definition) is 1. The summed E-state index contributed by atoms with van der Waals surface area (Å²) in [6, 6.07) is 1.71. The maximum atomic E-state index is 11.8. The lowest BCUT2D eigenvalue weighted by atomic mass is 10.1. The number of aryl methyl sites for hydroxylation is 1. The Labute approximate surface area is 95.9 Å². The molecule has 0 saturated carbocycles. The standard InChI is InChI=1S/C11H11NO3S/c1-3-15-11(14)8-6(2)12-10(13)7-4-5-16-9(7)8/h4-5H,3H2,1-2H3,(H,12,13). The van der Waals surface area contributed by atoms with E-state index in [2.05, 4.69) is 4.98 Å². The van der Waals surface area contributed by atoms with Crippen molar-refractivity contribution in [1.82, 2.24) is 4.98 Å². The second-order valence-corrected chi connectivity index (χ2v) is 4.25. The molecule has 2 aromatic heterocycles. The molecule has 0 aromatic carbocycles. The number of carbonyl (C=O) groups is 1. The number of hydrogen-bond acceptors (Lipinski definition) is 4. The van der Waals surface area contributed by atoms with Gasteiger partial charge >= 0.3 is 5.97 Å². The number of nitrogens with one attached hydrogen (secondary N) is 1. The van der Waals surface area contributed by atoms with E-state index in [0.29, 0.717) is 28.0 Å². The van der Waals surface area contributed by atoms with Gasteiger partial charge in [0.1, 0.15) is 0 Å². The first kappa shape index (κ1) is 10.9. The van der Waals surface area contributed by atoms with Crippen molar-refractivity contribution in [2.24, 2.45) is 0 Å². The monoisotopic (exact) mass is 237 g/mol. The van der Waals surface area contributed by atoms with Gasteiger partial charge in [-0.1, -0.05) is 0 Å². The highest BCUT2D eigenvalue weighted by molar-refractivity contribution is 7.17. The Hall–Kier alpha value is -1.62. The third-order valence-corrected chi connectivity index (χ3v) is 3.22. The molecule has 4 nitrogen and oxygen atoms in total. The maximum absolute atomic E-state index is 11.8. The van der Waals surface area contributed by atoms with Gasteiger partial charge in [0.2, 0.25) is 0 Å². The summed E-state index contributed by atoms with van der Waals surface area (Å²) in [5, 5.41) is 2.33. The number of ether oxygens (including phenoxy) is 1. The van der Waals surface area contributed by atoms with E-state index in [-0.39, 0.29) is 11.5 Å². The van der Waals surface area contributed by atoms with Crippen LogP contribution in [0.25, 0.3) is 10.1 Å². The first-order valence-corrected chi connectivity index (χ1v) is 5.80. The third-order valence-electron chi connectivity index (χ3n) is 2.29. The van der Waals surface area contributed by atoms with Crippen LogP contribution in [0.3, 0.4) is 0 Å². The molecule has 5 heteroatoms. The highest BCUT2D eigenvalue weighted by atomic mass is 32.1. The van der Waals surface area contributed by atoms with E-state index < -0.39 is 0 Å². The largest absolute Gasteiger partial charge is 0.462 e. The first-order valence-electron chi connectivity index (χ1n) is 4.92. The van der Waals surface area contributed by atoms with Gasteiger partial charge in [0, 0.05) is 5.69 Å². The fourth-order valence-corrected chi connectivity index (χ4v) is 2.58. The Balaban J connectivity index is 2.73. The molecule has 0 aliphatic rings.